The molecule has 0 bridgehead atoms. The van der Waals surface area contributed by atoms with Crippen LogP contribution in [0.4, 0.5) is 5.69 Å². The van der Waals surface area contributed by atoms with E-state index >= 15 is 0 Å². The number of anilines is 1. The Balaban J connectivity index is 1.36. The minimum Gasteiger partial charge on any atom is -0.438 e. The van der Waals surface area contributed by atoms with Crippen molar-refractivity contribution in [1.29, 1.82) is 0 Å². The molecule has 0 saturated carbocycles. The number of nitrogens with zero attached hydrogens (tertiary/aromatic N) is 3. The fourth-order valence-electron chi connectivity index (χ4n) is 3.73. The third kappa shape index (κ3) is 4.36. The van der Waals surface area contributed by atoms with Crippen LogP contribution in [0.15, 0.2) is 79.1 Å². The predicted molar refractivity (Wildman–Crippen MR) is 132 cm³/mol. The number of benzene rings is 2. The minimum atomic E-state index is -0.202. The predicted octanol–water partition coefficient (Wildman–Crippen LogP) is 5.94. The number of para-hydroxylation sites is 1. The fourth-order valence-corrected chi connectivity index (χ4v) is 3.73. The summed E-state index contributed by atoms with van der Waals surface area (Å²) in [6, 6.07) is 20.8. The van der Waals surface area contributed by atoms with E-state index in [0.717, 1.165) is 40.0 Å². The summed E-state index contributed by atoms with van der Waals surface area (Å²) in [6.07, 6.45) is 4.17. The van der Waals surface area contributed by atoms with Gasteiger partial charge in [-0.15, -0.1) is 0 Å². The van der Waals surface area contributed by atoms with Crippen LogP contribution >= 0.6 is 0 Å². The zero-order valence-electron chi connectivity index (χ0n) is 18.9. The summed E-state index contributed by atoms with van der Waals surface area (Å²) in [5.74, 6) is 1.67. The summed E-state index contributed by atoms with van der Waals surface area (Å²) in [4.78, 5) is 29.2. The van der Waals surface area contributed by atoms with E-state index in [4.69, 9.17) is 4.74 Å². The quantitative estimate of drug-likeness (QED) is 0.335. The zero-order chi connectivity index (χ0) is 23.5. The molecule has 0 aliphatic heterocycles. The van der Waals surface area contributed by atoms with Gasteiger partial charge in [0.1, 0.15) is 17.3 Å². The first kappa shape index (κ1) is 21.3. The Hall–Kier alpha value is -4.52. The van der Waals surface area contributed by atoms with Gasteiger partial charge in [-0.1, -0.05) is 25.1 Å². The molecule has 5 rings (SSSR count). The molecule has 0 radical (unpaired) electrons. The van der Waals surface area contributed by atoms with Crippen LogP contribution in [0.2, 0.25) is 0 Å². The monoisotopic (exact) mass is 449 g/mol. The van der Waals surface area contributed by atoms with Crippen LogP contribution in [-0.4, -0.2) is 25.8 Å². The van der Waals surface area contributed by atoms with Gasteiger partial charge >= 0.3 is 0 Å². The molecular weight excluding hydrogens is 426 g/mol. The molecule has 0 aliphatic carbocycles. The highest BCUT2D eigenvalue weighted by Gasteiger charge is 2.14. The number of fused-ring (bicyclic) bond motifs is 1. The van der Waals surface area contributed by atoms with Crippen molar-refractivity contribution in [2.24, 2.45) is 0 Å². The van der Waals surface area contributed by atoms with E-state index in [-0.39, 0.29) is 5.91 Å². The van der Waals surface area contributed by atoms with Crippen LogP contribution in [-0.2, 0) is 6.42 Å². The van der Waals surface area contributed by atoms with Gasteiger partial charge in [0.05, 0.1) is 11.3 Å². The molecule has 7 nitrogen and oxygen atoms in total. The van der Waals surface area contributed by atoms with Crippen LogP contribution in [0.1, 0.15) is 28.8 Å². The van der Waals surface area contributed by atoms with Gasteiger partial charge in [0, 0.05) is 35.4 Å². The lowest BCUT2D eigenvalue weighted by Crippen LogP contribution is -2.12. The highest BCUT2D eigenvalue weighted by molar-refractivity contribution is 6.06. The van der Waals surface area contributed by atoms with E-state index in [1.807, 2.05) is 80.6 Å². The average molecular weight is 450 g/mol. The Bertz CT molecular complexity index is 1460. The van der Waals surface area contributed by atoms with Gasteiger partial charge in [-0.25, -0.2) is 15.0 Å². The molecule has 34 heavy (non-hydrogen) atoms. The van der Waals surface area contributed by atoms with Gasteiger partial charge in [-0.05, 0) is 61.0 Å². The summed E-state index contributed by atoms with van der Waals surface area (Å²) < 4.78 is 6.16. The molecule has 168 valence electrons. The molecule has 3 heterocycles. The SMILES string of the molecule is CCc1nccc(-c2cccnc2Oc2ccc(NC(=O)c3cc4ccccc4[nH]3)cc2C)n1. The molecule has 0 atom stereocenters. The number of hydrogen-bond donors (Lipinski definition) is 2. The zero-order valence-corrected chi connectivity index (χ0v) is 18.9. The number of amides is 1. The highest BCUT2D eigenvalue weighted by Crippen LogP contribution is 2.32. The van der Waals surface area contributed by atoms with Crippen LogP contribution in [0, 0.1) is 6.92 Å². The van der Waals surface area contributed by atoms with Gasteiger partial charge in [0.15, 0.2) is 0 Å². The molecule has 2 aromatic carbocycles. The number of pyridine rings is 1. The summed E-state index contributed by atoms with van der Waals surface area (Å²) in [6.45, 7) is 3.94. The van der Waals surface area contributed by atoms with E-state index in [0.29, 0.717) is 23.0 Å². The summed E-state index contributed by atoms with van der Waals surface area (Å²) in [7, 11) is 0. The molecule has 1 amide bonds. The maximum absolute atomic E-state index is 12.7. The number of carbonyl (C=O) groups excluding carboxylic acids is 1. The highest BCUT2D eigenvalue weighted by atomic mass is 16.5. The van der Waals surface area contributed by atoms with Crippen molar-refractivity contribution in [2.75, 3.05) is 5.32 Å². The molecule has 0 saturated heterocycles. The Morgan fingerprint density at radius 1 is 1.00 bits per heavy atom. The van der Waals surface area contributed by atoms with E-state index in [1.54, 1.807) is 12.4 Å². The Morgan fingerprint density at radius 3 is 2.71 bits per heavy atom. The molecule has 0 fully saturated rings. The topological polar surface area (TPSA) is 92.8 Å². The average Bonchev–Trinajstić information content (AvgIpc) is 3.31. The van der Waals surface area contributed by atoms with Gasteiger partial charge in [-0.3, -0.25) is 4.79 Å². The number of aryl methyl sites for hydroxylation is 2. The lowest BCUT2D eigenvalue weighted by atomic mass is 10.1. The number of H-pyrrole nitrogens is 1. The van der Waals surface area contributed by atoms with Gasteiger partial charge in [0.2, 0.25) is 5.88 Å². The van der Waals surface area contributed by atoms with Crippen LogP contribution in [0.5, 0.6) is 11.6 Å². The van der Waals surface area contributed by atoms with E-state index < -0.39 is 0 Å². The lowest BCUT2D eigenvalue weighted by molar-refractivity contribution is 0.102. The molecule has 2 N–H and O–H groups in total. The number of nitrogens with one attached hydrogen (secondary N) is 2. The van der Waals surface area contributed by atoms with Crippen molar-refractivity contribution >= 4 is 22.5 Å². The van der Waals surface area contributed by atoms with Crippen LogP contribution < -0.4 is 10.1 Å². The maximum Gasteiger partial charge on any atom is 0.272 e. The third-order valence-electron chi connectivity index (χ3n) is 5.48. The van der Waals surface area contributed by atoms with Crippen molar-refractivity contribution in [3.05, 3.63) is 96.2 Å². The Morgan fingerprint density at radius 2 is 1.88 bits per heavy atom. The van der Waals surface area contributed by atoms with Crippen molar-refractivity contribution in [1.82, 2.24) is 19.9 Å². The first-order chi connectivity index (χ1) is 16.6. The van der Waals surface area contributed by atoms with E-state index in [9.17, 15) is 4.79 Å². The third-order valence-corrected chi connectivity index (χ3v) is 5.48. The van der Waals surface area contributed by atoms with Gasteiger partial charge in [-0.2, -0.15) is 0 Å². The van der Waals surface area contributed by atoms with Gasteiger partial charge in [0.25, 0.3) is 5.91 Å². The number of aromatic amines is 1. The standard InChI is InChI=1S/C27H23N5O2/c1-3-25-28-14-12-22(32-25)20-8-6-13-29-27(20)34-24-11-10-19(15-17(24)2)30-26(33)23-16-18-7-4-5-9-21(18)31-23/h4-16,31H,3H2,1-2H3,(H,30,33). The lowest BCUT2D eigenvalue weighted by Gasteiger charge is -2.13. The molecular formula is C27H23N5O2. The van der Waals surface area contributed by atoms with E-state index in [1.165, 1.54) is 0 Å². The second-order valence-electron chi connectivity index (χ2n) is 7.87. The molecule has 7 heteroatoms. The Labute approximate surface area is 196 Å². The molecule has 3 aromatic heterocycles. The summed E-state index contributed by atoms with van der Waals surface area (Å²) >= 11 is 0. The number of hydrogen-bond acceptors (Lipinski definition) is 5. The van der Waals surface area contributed by atoms with E-state index in [2.05, 4.69) is 25.3 Å². The fraction of sp³-hybridized carbons (Fsp3) is 0.111. The summed E-state index contributed by atoms with van der Waals surface area (Å²) in [5.41, 5.74) is 4.52. The second-order valence-corrected chi connectivity index (χ2v) is 7.87. The normalized spacial score (nSPS) is 10.9. The number of carbonyl (C=O) groups is 1. The molecule has 0 aliphatic rings. The smallest absolute Gasteiger partial charge is 0.272 e. The van der Waals surface area contributed by atoms with Crippen molar-refractivity contribution in [3.63, 3.8) is 0 Å². The molecule has 5 aromatic rings. The first-order valence-corrected chi connectivity index (χ1v) is 11.1. The van der Waals surface area contributed by atoms with Crippen molar-refractivity contribution in [3.8, 4) is 22.9 Å². The first-order valence-electron chi connectivity index (χ1n) is 11.1. The van der Waals surface area contributed by atoms with Gasteiger partial charge < -0.3 is 15.0 Å². The van der Waals surface area contributed by atoms with Crippen molar-refractivity contribution < 1.29 is 9.53 Å². The largest absolute Gasteiger partial charge is 0.438 e. The number of ether oxygens (including phenoxy) is 1. The number of rotatable bonds is 6. The molecule has 0 unspecified atom stereocenters. The minimum absolute atomic E-state index is 0.202. The summed E-state index contributed by atoms with van der Waals surface area (Å²) in [5, 5.41) is 3.94. The number of aromatic nitrogens is 4. The van der Waals surface area contributed by atoms with Crippen LogP contribution in [0.3, 0.4) is 0 Å². The Kier molecular flexibility index (Phi) is 5.74. The maximum atomic E-state index is 12.7. The van der Waals surface area contributed by atoms with Crippen LogP contribution in [0.25, 0.3) is 22.2 Å². The van der Waals surface area contributed by atoms with Crippen molar-refractivity contribution in [2.45, 2.75) is 20.3 Å². The molecule has 0 spiro atoms. The second kappa shape index (κ2) is 9.15.